The van der Waals surface area contributed by atoms with Crippen LogP contribution in [0, 0.1) is 5.92 Å². The molecule has 3 rings (SSSR count). The van der Waals surface area contributed by atoms with Gasteiger partial charge in [0.2, 0.25) is 0 Å². The Labute approximate surface area is 98.1 Å². The molecule has 2 N–H and O–H groups in total. The second-order valence-electron chi connectivity index (χ2n) is 4.14. The lowest BCUT2D eigenvalue weighted by Gasteiger charge is -2.15. The predicted octanol–water partition coefficient (Wildman–Crippen LogP) is 2.11. The van der Waals surface area contributed by atoms with Crippen LogP contribution in [0.25, 0.3) is 0 Å². The molecule has 16 heavy (non-hydrogen) atoms. The van der Waals surface area contributed by atoms with Crippen molar-refractivity contribution in [3.8, 4) is 0 Å². The van der Waals surface area contributed by atoms with Crippen LogP contribution in [0.2, 0.25) is 0 Å². The van der Waals surface area contributed by atoms with Crippen LogP contribution in [0.5, 0.6) is 0 Å². The van der Waals surface area contributed by atoms with Crippen LogP contribution in [0.4, 0.5) is 0 Å². The van der Waals surface area contributed by atoms with Crippen molar-refractivity contribution in [3.63, 3.8) is 0 Å². The smallest absolute Gasteiger partial charge is 0.138 e. The molecule has 1 unspecified atom stereocenters. The van der Waals surface area contributed by atoms with Crippen molar-refractivity contribution in [2.24, 2.45) is 5.92 Å². The minimum absolute atomic E-state index is 0.491. The summed E-state index contributed by atoms with van der Waals surface area (Å²) in [5.41, 5.74) is 0. The molecule has 1 fully saturated rings. The lowest BCUT2D eigenvalue weighted by molar-refractivity contribution is 0.479. The van der Waals surface area contributed by atoms with E-state index in [0.717, 1.165) is 18.3 Å². The highest BCUT2D eigenvalue weighted by Crippen LogP contribution is 2.42. The summed E-state index contributed by atoms with van der Waals surface area (Å²) in [6.45, 7) is 0.763. The molecule has 2 aromatic rings. The van der Waals surface area contributed by atoms with Gasteiger partial charge in [0.25, 0.3) is 0 Å². The van der Waals surface area contributed by atoms with Crippen molar-refractivity contribution < 1.29 is 0 Å². The molecule has 0 aliphatic heterocycles. The zero-order valence-electron chi connectivity index (χ0n) is 8.89. The fraction of sp³-hybridized carbons (Fsp3) is 0.455. The molecule has 1 atom stereocenters. The average Bonchev–Trinajstić information content (AvgIpc) is 2.83. The fourth-order valence-electron chi connectivity index (χ4n) is 1.92. The van der Waals surface area contributed by atoms with Crippen molar-refractivity contribution in [2.75, 3.05) is 0 Å². The summed E-state index contributed by atoms with van der Waals surface area (Å²) < 4.78 is 0. The second-order valence-corrected chi connectivity index (χ2v) is 5.12. The van der Waals surface area contributed by atoms with Crippen LogP contribution in [0.1, 0.15) is 29.6 Å². The zero-order chi connectivity index (χ0) is 10.8. The first-order chi connectivity index (χ1) is 7.93. The topological polar surface area (TPSA) is 53.6 Å². The van der Waals surface area contributed by atoms with Crippen LogP contribution in [-0.2, 0) is 6.54 Å². The summed E-state index contributed by atoms with van der Waals surface area (Å²) in [7, 11) is 0. The molecule has 84 valence electrons. The molecule has 0 amide bonds. The van der Waals surface area contributed by atoms with E-state index in [1.54, 1.807) is 6.33 Å². The third kappa shape index (κ3) is 2.15. The number of hydrogen-bond donors (Lipinski definition) is 2. The van der Waals surface area contributed by atoms with E-state index in [4.69, 9.17) is 0 Å². The Balaban J connectivity index is 1.66. The minimum atomic E-state index is 0.491. The first-order valence-electron chi connectivity index (χ1n) is 5.54. The van der Waals surface area contributed by atoms with Gasteiger partial charge in [0, 0.05) is 10.9 Å². The van der Waals surface area contributed by atoms with E-state index in [1.807, 2.05) is 11.3 Å². The summed E-state index contributed by atoms with van der Waals surface area (Å²) in [4.78, 5) is 5.56. The molecule has 1 saturated carbocycles. The van der Waals surface area contributed by atoms with Gasteiger partial charge in [-0.1, -0.05) is 6.07 Å². The number of H-pyrrole nitrogens is 1. The van der Waals surface area contributed by atoms with Crippen molar-refractivity contribution in [1.29, 1.82) is 0 Å². The number of aromatic amines is 1. The van der Waals surface area contributed by atoms with Gasteiger partial charge in [-0.2, -0.15) is 5.10 Å². The third-order valence-electron chi connectivity index (χ3n) is 2.90. The van der Waals surface area contributed by atoms with Crippen molar-refractivity contribution >= 4 is 11.3 Å². The molecular weight excluding hydrogens is 220 g/mol. The first kappa shape index (κ1) is 9.99. The van der Waals surface area contributed by atoms with Gasteiger partial charge >= 0.3 is 0 Å². The molecule has 0 saturated heterocycles. The van der Waals surface area contributed by atoms with Gasteiger partial charge < -0.3 is 5.32 Å². The highest BCUT2D eigenvalue weighted by Gasteiger charge is 2.32. The van der Waals surface area contributed by atoms with Gasteiger partial charge in [0.1, 0.15) is 12.2 Å². The van der Waals surface area contributed by atoms with Crippen LogP contribution < -0.4 is 5.32 Å². The Morgan fingerprint density at radius 2 is 2.50 bits per heavy atom. The van der Waals surface area contributed by atoms with Gasteiger partial charge in [0.15, 0.2) is 0 Å². The maximum Gasteiger partial charge on any atom is 0.138 e. The fourth-order valence-corrected chi connectivity index (χ4v) is 2.81. The molecule has 0 aromatic carbocycles. The Bertz CT molecular complexity index is 419. The lowest BCUT2D eigenvalue weighted by atomic mass is 10.1. The second kappa shape index (κ2) is 4.35. The van der Waals surface area contributed by atoms with E-state index in [0.29, 0.717) is 6.04 Å². The number of nitrogens with zero attached hydrogens (tertiary/aromatic N) is 2. The van der Waals surface area contributed by atoms with Gasteiger partial charge in [-0.05, 0) is 30.2 Å². The normalized spacial score (nSPS) is 17.5. The van der Waals surface area contributed by atoms with E-state index >= 15 is 0 Å². The Hall–Kier alpha value is -1.20. The largest absolute Gasteiger partial charge is 0.302 e. The molecule has 2 aromatic heterocycles. The van der Waals surface area contributed by atoms with Crippen molar-refractivity contribution in [2.45, 2.75) is 25.4 Å². The molecular formula is C11H14N4S. The summed E-state index contributed by atoms with van der Waals surface area (Å²) in [5, 5.41) is 12.4. The number of thiophene rings is 1. The lowest BCUT2D eigenvalue weighted by Crippen LogP contribution is -2.22. The Morgan fingerprint density at radius 3 is 3.12 bits per heavy atom. The van der Waals surface area contributed by atoms with Gasteiger partial charge in [-0.15, -0.1) is 11.3 Å². The molecule has 1 aliphatic rings. The van der Waals surface area contributed by atoms with Crippen LogP contribution >= 0.6 is 11.3 Å². The SMILES string of the molecule is c1csc(C(NCc2ncn[nH]2)C2CC2)c1. The molecule has 1 aliphatic carbocycles. The monoisotopic (exact) mass is 234 g/mol. The summed E-state index contributed by atoms with van der Waals surface area (Å²) in [6.07, 6.45) is 4.23. The van der Waals surface area contributed by atoms with Gasteiger partial charge in [0.05, 0.1) is 6.54 Å². The number of aromatic nitrogens is 3. The van der Waals surface area contributed by atoms with Crippen molar-refractivity contribution in [1.82, 2.24) is 20.5 Å². The van der Waals surface area contributed by atoms with E-state index in [1.165, 1.54) is 17.7 Å². The first-order valence-corrected chi connectivity index (χ1v) is 6.42. The summed E-state index contributed by atoms with van der Waals surface area (Å²) in [5.74, 6) is 1.71. The third-order valence-corrected chi connectivity index (χ3v) is 3.85. The molecule has 0 bridgehead atoms. The van der Waals surface area contributed by atoms with Gasteiger partial charge in [-0.25, -0.2) is 4.98 Å². The van der Waals surface area contributed by atoms with E-state index < -0.39 is 0 Å². The Kier molecular flexibility index (Phi) is 2.71. The maximum atomic E-state index is 4.12. The van der Waals surface area contributed by atoms with Crippen LogP contribution in [-0.4, -0.2) is 15.2 Å². The molecule has 4 nitrogen and oxygen atoms in total. The van der Waals surface area contributed by atoms with Gasteiger partial charge in [-0.3, -0.25) is 5.10 Å². The standard InChI is InChI=1S/C11H14N4S/c1-2-9(16-5-1)11(8-3-4-8)12-6-10-13-7-14-15-10/h1-2,5,7-8,11-12H,3-4,6H2,(H,13,14,15). The van der Waals surface area contributed by atoms with E-state index in [9.17, 15) is 0 Å². The van der Waals surface area contributed by atoms with Crippen molar-refractivity contribution in [3.05, 3.63) is 34.5 Å². The Morgan fingerprint density at radius 1 is 1.56 bits per heavy atom. The summed E-state index contributed by atoms with van der Waals surface area (Å²) in [6, 6.07) is 4.82. The zero-order valence-corrected chi connectivity index (χ0v) is 9.70. The van der Waals surface area contributed by atoms with E-state index in [-0.39, 0.29) is 0 Å². The van der Waals surface area contributed by atoms with Crippen LogP contribution in [0.3, 0.4) is 0 Å². The highest BCUT2D eigenvalue weighted by atomic mass is 32.1. The maximum absolute atomic E-state index is 4.12. The predicted molar refractivity (Wildman–Crippen MR) is 63.0 cm³/mol. The highest BCUT2D eigenvalue weighted by molar-refractivity contribution is 7.10. The number of nitrogens with one attached hydrogen (secondary N) is 2. The number of hydrogen-bond acceptors (Lipinski definition) is 4. The number of rotatable bonds is 5. The average molecular weight is 234 g/mol. The van der Waals surface area contributed by atoms with E-state index in [2.05, 4.69) is 38.0 Å². The molecule has 5 heteroatoms. The minimum Gasteiger partial charge on any atom is -0.302 e. The quantitative estimate of drug-likeness (QED) is 0.833. The molecule has 2 heterocycles. The summed E-state index contributed by atoms with van der Waals surface area (Å²) >= 11 is 1.83. The van der Waals surface area contributed by atoms with Crippen LogP contribution in [0.15, 0.2) is 23.8 Å². The molecule has 0 radical (unpaired) electrons. The molecule has 0 spiro atoms.